The van der Waals surface area contributed by atoms with E-state index in [-0.39, 0.29) is 31.1 Å². The van der Waals surface area contributed by atoms with Crippen LogP contribution in [0, 0.1) is 0 Å². The lowest BCUT2D eigenvalue weighted by Crippen LogP contribution is -2.30. The van der Waals surface area contributed by atoms with E-state index in [1.54, 1.807) is 0 Å². The van der Waals surface area contributed by atoms with Gasteiger partial charge in [-0.3, -0.25) is 14.4 Å². The van der Waals surface area contributed by atoms with Gasteiger partial charge in [-0.25, -0.2) is 0 Å². The van der Waals surface area contributed by atoms with Crippen LogP contribution < -0.4 is 0 Å². The van der Waals surface area contributed by atoms with Crippen LogP contribution in [-0.2, 0) is 28.6 Å². The van der Waals surface area contributed by atoms with Gasteiger partial charge < -0.3 is 14.2 Å². The summed E-state index contributed by atoms with van der Waals surface area (Å²) in [7, 11) is 0. The molecule has 0 aromatic carbocycles. The van der Waals surface area contributed by atoms with E-state index in [0.717, 1.165) is 109 Å². The Bertz CT molecular complexity index is 1180. The van der Waals surface area contributed by atoms with Crippen LogP contribution in [0.2, 0.25) is 0 Å². The van der Waals surface area contributed by atoms with Crippen LogP contribution in [0.15, 0.2) is 60.8 Å². The zero-order valence-corrected chi connectivity index (χ0v) is 43.0. The molecule has 0 saturated heterocycles. The average molecular weight is 909 g/mol. The highest BCUT2D eigenvalue weighted by Gasteiger charge is 2.19. The van der Waals surface area contributed by atoms with Crippen LogP contribution in [-0.4, -0.2) is 37.2 Å². The van der Waals surface area contributed by atoms with Gasteiger partial charge in [0.25, 0.3) is 0 Å². The first-order chi connectivity index (χ1) is 32.0. The molecule has 0 fully saturated rings. The number of unbranched alkanes of at least 4 members (excludes halogenated alkanes) is 29. The molecular weight excluding hydrogens is 805 g/mol. The van der Waals surface area contributed by atoms with E-state index in [0.29, 0.717) is 19.3 Å². The summed E-state index contributed by atoms with van der Waals surface area (Å²) in [6, 6.07) is 0. The Kier molecular flexibility index (Phi) is 51.3. The van der Waals surface area contributed by atoms with Crippen molar-refractivity contribution in [1.29, 1.82) is 0 Å². The maximum atomic E-state index is 12.8. The summed E-state index contributed by atoms with van der Waals surface area (Å²) in [6.07, 6.45) is 66.3. The molecule has 0 radical (unpaired) electrons. The van der Waals surface area contributed by atoms with E-state index >= 15 is 0 Å². The normalized spacial score (nSPS) is 12.5. The molecule has 0 aliphatic carbocycles. The van der Waals surface area contributed by atoms with Crippen molar-refractivity contribution in [2.45, 2.75) is 284 Å². The molecule has 0 amide bonds. The molecule has 6 nitrogen and oxygen atoms in total. The molecule has 0 aromatic rings. The summed E-state index contributed by atoms with van der Waals surface area (Å²) < 4.78 is 16.8. The second-order valence-corrected chi connectivity index (χ2v) is 18.5. The SMILES string of the molecule is CC/C=C\C/C=C\C/C=C\CCCCCCCC(=O)OC(COC(=O)CCCCCCCCC/C=C\C/C=C\CCCCCC)COC(=O)CCCCCCCCCCCCCCCC. The van der Waals surface area contributed by atoms with E-state index < -0.39 is 6.10 Å². The highest BCUT2D eigenvalue weighted by molar-refractivity contribution is 5.71. The van der Waals surface area contributed by atoms with Crippen molar-refractivity contribution < 1.29 is 28.6 Å². The highest BCUT2D eigenvalue weighted by atomic mass is 16.6. The third-order valence-electron chi connectivity index (χ3n) is 12.0. The molecule has 0 bridgehead atoms. The smallest absolute Gasteiger partial charge is 0.306 e. The number of hydrogen-bond acceptors (Lipinski definition) is 6. The summed E-state index contributed by atoms with van der Waals surface area (Å²) in [5.41, 5.74) is 0. The number of rotatable bonds is 50. The molecule has 376 valence electrons. The molecule has 1 atom stereocenters. The van der Waals surface area contributed by atoms with E-state index in [2.05, 4.69) is 81.5 Å². The first kappa shape index (κ1) is 62.1. The lowest BCUT2D eigenvalue weighted by Gasteiger charge is -2.18. The van der Waals surface area contributed by atoms with E-state index in [1.165, 1.54) is 128 Å². The van der Waals surface area contributed by atoms with Gasteiger partial charge in [0, 0.05) is 19.3 Å². The molecule has 6 heteroatoms. The largest absolute Gasteiger partial charge is 0.462 e. The second kappa shape index (κ2) is 53.7. The third-order valence-corrected chi connectivity index (χ3v) is 12.0. The minimum absolute atomic E-state index is 0.0816. The maximum Gasteiger partial charge on any atom is 0.306 e. The number of ether oxygens (including phenoxy) is 3. The Morgan fingerprint density at radius 2 is 0.600 bits per heavy atom. The van der Waals surface area contributed by atoms with Crippen LogP contribution in [0.1, 0.15) is 278 Å². The maximum absolute atomic E-state index is 12.8. The second-order valence-electron chi connectivity index (χ2n) is 18.5. The van der Waals surface area contributed by atoms with E-state index in [9.17, 15) is 14.4 Å². The van der Waals surface area contributed by atoms with Gasteiger partial charge in [-0.2, -0.15) is 0 Å². The number of esters is 3. The van der Waals surface area contributed by atoms with Gasteiger partial charge in [-0.15, -0.1) is 0 Å². The van der Waals surface area contributed by atoms with Crippen molar-refractivity contribution in [3.63, 3.8) is 0 Å². The highest BCUT2D eigenvalue weighted by Crippen LogP contribution is 2.15. The number of carbonyl (C=O) groups excluding carboxylic acids is 3. The van der Waals surface area contributed by atoms with Crippen molar-refractivity contribution in [3.05, 3.63) is 60.8 Å². The minimum atomic E-state index is -0.784. The fourth-order valence-corrected chi connectivity index (χ4v) is 7.84. The zero-order valence-electron chi connectivity index (χ0n) is 43.0. The monoisotopic (exact) mass is 909 g/mol. The third kappa shape index (κ3) is 51.9. The minimum Gasteiger partial charge on any atom is -0.462 e. The first-order valence-electron chi connectivity index (χ1n) is 27.8. The Labute approximate surface area is 402 Å². The Morgan fingerprint density at radius 1 is 0.323 bits per heavy atom. The first-order valence-corrected chi connectivity index (χ1v) is 27.8. The summed E-state index contributed by atoms with van der Waals surface area (Å²) in [6.45, 7) is 6.51. The topological polar surface area (TPSA) is 78.9 Å². The van der Waals surface area contributed by atoms with Gasteiger partial charge in [0.15, 0.2) is 6.10 Å². The van der Waals surface area contributed by atoms with Gasteiger partial charge in [0.1, 0.15) is 13.2 Å². The standard InChI is InChI=1S/C59H104O6/c1-4-7-10-13-16-19-22-25-28-29-30-32-34-37-40-43-46-49-52-58(61)64-55-56(54-63-57(60)51-48-45-42-39-36-33-27-24-21-18-15-12-9-6-3)65-59(62)53-50-47-44-41-38-35-31-26-23-20-17-14-11-8-5-2/h8,11,17,19-20,22,26,28-29,31,56H,4-7,9-10,12-16,18,21,23-25,27,30,32-55H2,1-3H3/b11-8-,20-17-,22-19-,29-28-,31-26-. The average Bonchev–Trinajstić information content (AvgIpc) is 3.30. The van der Waals surface area contributed by atoms with Crippen molar-refractivity contribution in [3.8, 4) is 0 Å². The predicted molar refractivity (Wildman–Crippen MR) is 279 cm³/mol. The molecule has 0 aliphatic rings. The van der Waals surface area contributed by atoms with Gasteiger partial charge in [-0.05, 0) is 83.5 Å². The van der Waals surface area contributed by atoms with Crippen molar-refractivity contribution in [1.82, 2.24) is 0 Å². The molecule has 0 aliphatic heterocycles. The summed E-state index contributed by atoms with van der Waals surface area (Å²) in [4.78, 5) is 38.1. The van der Waals surface area contributed by atoms with Crippen LogP contribution in [0.25, 0.3) is 0 Å². The van der Waals surface area contributed by atoms with E-state index in [4.69, 9.17) is 14.2 Å². The van der Waals surface area contributed by atoms with Crippen molar-refractivity contribution >= 4 is 17.9 Å². The van der Waals surface area contributed by atoms with Gasteiger partial charge >= 0.3 is 17.9 Å². The number of allylic oxidation sites excluding steroid dienone is 10. The molecule has 65 heavy (non-hydrogen) atoms. The van der Waals surface area contributed by atoms with Crippen LogP contribution in [0.4, 0.5) is 0 Å². The molecule has 0 N–H and O–H groups in total. The summed E-state index contributed by atoms with van der Waals surface area (Å²) >= 11 is 0. The number of carbonyl (C=O) groups is 3. The van der Waals surface area contributed by atoms with Crippen LogP contribution in [0.3, 0.4) is 0 Å². The van der Waals surface area contributed by atoms with Gasteiger partial charge in [0.2, 0.25) is 0 Å². The fourth-order valence-electron chi connectivity index (χ4n) is 7.84. The van der Waals surface area contributed by atoms with Crippen LogP contribution in [0.5, 0.6) is 0 Å². The fraction of sp³-hybridized carbons (Fsp3) is 0.780. The molecule has 0 saturated carbocycles. The Balaban J connectivity index is 4.39. The number of hydrogen-bond donors (Lipinski definition) is 0. The quantitative estimate of drug-likeness (QED) is 0.0262. The molecule has 0 heterocycles. The summed E-state index contributed by atoms with van der Waals surface area (Å²) in [5, 5.41) is 0. The molecular formula is C59H104O6. The lowest BCUT2D eigenvalue weighted by molar-refractivity contribution is -0.167. The molecule has 0 spiro atoms. The lowest BCUT2D eigenvalue weighted by atomic mass is 10.0. The van der Waals surface area contributed by atoms with Crippen molar-refractivity contribution in [2.24, 2.45) is 0 Å². The Hall–Kier alpha value is -2.89. The van der Waals surface area contributed by atoms with E-state index in [1.807, 2.05) is 0 Å². The molecule has 0 aromatic heterocycles. The predicted octanol–water partition coefficient (Wildman–Crippen LogP) is 18.4. The zero-order chi connectivity index (χ0) is 47.2. The molecule has 0 rings (SSSR count). The Morgan fingerprint density at radius 3 is 0.954 bits per heavy atom. The molecule has 1 unspecified atom stereocenters. The van der Waals surface area contributed by atoms with Crippen molar-refractivity contribution in [2.75, 3.05) is 13.2 Å². The van der Waals surface area contributed by atoms with Crippen LogP contribution >= 0.6 is 0 Å². The van der Waals surface area contributed by atoms with Gasteiger partial charge in [-0.1, -0.05) is 236 Å². The summed E-state index contributed by atoms with van der Waals surface area (Å²) in [5.74, 6) is -0.897. The van der Waals surface area contributed by atoms with Gasteiger partial charge in [0.05, 0.1) is 0 Å².